The van der Waals surface area contributed by atoms with E-state index in [1.165, 1.54) is 0 Å². The molecule has 0 radical (unpaired) electrons. The predicted molar refractivity (Wildman–Crippen MR) is 154 cm³/mol. The Balaban J connectivity index is 0.000000572. The van der Waals surface area contributed by atoms with E-state index in [2.05, 4.69) is 29.4 Å². The molecule has 0 fully saturated rings. The second-order valence-electron chi connectivity index (χ2n) is 8.75. The molecular formula is C27H33Cl2N3O10. The van der Waals surface area contributed by atoms with Crippen LogP contribution in [-0.2, 0) is 19.2 Å². The van der Waals surface area contributed by atoms with Crippen molar-refractivity contribution in [2.45, 2.75) is 32.3 Å². The minimum absolute atomic E-state index is 0.196. The summed E-state index contributed by atoms with van der Waals surface area (Å²) in [7, 11) is 0. The number of amides is 2. The lowest BCUT2D eigenvalue weighted by molar-refractivity contribution is -0.170. The number of aliphatic carboxylic acids is 3. The maximum absolute atomic E-state index is 12.4. The topological polar surface area (TPSA) is 203 Å². The Labute approximate surface area is 252 Å². The van der Waals surface area contributed by atoms with E-state index < -0.39 is 36.4 Å². The van der Waals surface area contributed by atoms with Crippen LogP contribution >= 0.6 is 23.2 Å². The van der Waals surface area contributed by atoms with E-state index in [4.69, 9.17) is 48.4 Å². The molecule has 42 heavy (non-hydrogen) atoms. The lowest BCUT2D eigenvalue weighted by Crippen LogP contribution is -2.42. The van der Waals surface area contributed by atoms with Crippen LogP contribution in [0.5, 0.6) is 5.75 Å². The Morgan fingerprint density at radius 3 is 1.98 bits per heavy atom. The molecule has 0 aliphatic rings. The number of likely N-dealkylation sites (N-methyl/N-ethyl adjacent to an activating group) is 1. The molecule has 230 valence electrons. The predicted octanol–water partition coefficient (Wildman–Crippen LogP) is 2.83. The lowest BCUT2D eigenvalue weighted by Gasteiger charge is -2.18. The van der Waals surface area contributed by atoms with Gasteiger partial charge in [0.15, 0.2) is 12.2 Å². The van der Waals surface area contributed by atoms with Gasteiger partial charge < -0.3 is 40.7 Å². The van der Waals surface area contributed by atoms with Crippen molar-refractivity contribution in [3.8, 4) is 5.75 Å². The van der Waals surface area contributed by atoms with E-state index in [9.17, 15) is 24.0 Å². The highest BCUT2D eigenvalue weighted by molar-refractivity contribution is 6.34. The van der Waals surface area contributed by atoms with Crippen molar-refractivity contribution in [2.24, 2.45) is 0 Å². The molecule has 2 amide bonds. The Kier molecular flexibility index (Phi) is 15.3. The number of nitrogens with zero attached hydrogens (tertiary/aromatic N) is 1. The minimum Gasteiger partial charge on any atom is -0.484 e. The van der Waals surface area contributed by atoms with E-state index in [1.807, 2.05) is 0 Å². The number of aliphatic hydroxyl groups is 1. The van der Waals surface area contributed by atoms with Crippen molar-refractivity contribution in [1.82, 2.24) is 10.2 Å². The summed E-state index contributed by atoms with van der Waals surface area (Å²) >= 11 is 12.0. The van der Waals surface area contributed by atoms with Crippen LogP contribution in [0.2, 0.25) is 10.0 Å². The molecule has 0 bridgehead atoms. The van der Waals surface area contributed by atoms with Gasteiger partial charge in [-0.1, -0.05) is 37.0 Å². The lowest BCUT2D eigenvalue weighted by atomic mass is 9.96. The number of benzene rings is 2. The van der Waals surface area contributed by atoms with Crippen molar-refractivity contribution in [3.05, 3.63) is 58.1 Å². The molecule has 0 aliphatic heterocycles. The summed E-state index contributed by atoms with van der Waals surface area (Å²) in [4.78, 5) is 57.2. The molecule has 0 aromatic heterocycles. The SMILES string of the molecule is CCN(CC)CCNC(=O)c1ccc(Cl)c(NC(=O)COc2ccc(Cl)cc2)c1.O=C(O)CC(O)(CC(=O)O)C(=O)O. The third kappa shape index (κ3) is 13.2. The third-order valence-electron chi connectivity index (χ3n) is 5.58. The number of hydrogen-bond acceptors (Lipinski definition) is 8. The molecular weight excluding hydrogens is 597 g/mol. The van der Waals surface area contributed by atoms with E-state index in [0.717, 1.165) is 19.6 Å². The molecule has 0 atom stereocenters. The number of halogens is 2. The van der Waals surface area contributed by atoms with Crippen LogP contribution in [0.15, 0.2) is 42.5 Å². The standard InChI is InChI=1S/C21H25Cl2N3O3.C6H8O7/c1-3-26(4-2)12-11-24-21(28)15-5-10-18(23)19(13-15)25-20(27)14-29-17-8-6-16(22)7-9-17;7-3(8)1-6(13,5(11)12)2-4(9)10/h5-10,13H,3-4,11-12,14H2,1-2H3,(H,24,28)(H,25,27);13H,1-2H2,(H,7,8)(H,9,10)(H,11,12). The van der Waals surface area contributed by atoms with Crippen LogP contribution in [0.25, 0.3) is 0 Å². The van der Waals surface area contributed by atoms with E-state index in [1.54, 1.807) is 42.5 Å². The molecule has 0 unspecified atom stereocenters. The molecule has 13 nitrogen and oxygen atoms in total. The van der Waals surface area contributed by atoms with Gasteiger partial charge in [0.25, 0.3) is 11.8 Å². The summed E-state index contributed by atoms with van der Waals surface area (Å²) in [6.45, 7) is 7.14. The van der Waals surface area contributed by atoms with Crippen LogP contribution in [0, 0.1) is 0 Å². The van der Waals surface area contributed by atoms with Gasteiger partial charge in [0.1, 0.15) is 5.75 Å². The van der Waals surface area contributed by atoms with Crippen molar-refractivity contribution < 1.29 is 49.1 Å². The van der Waals surface area contributed by atoms with E-state index in [-0.39, 0.29) is 18.4 Å². The molecule has 2 rings (SSSR count). The number of carbonyl (C=O) groups excluding carboxylic acids is 2. The van der Waals surface area contributed by atoms with Gasteiger partial charge in [0, 0.05) is 23.7 Å². The van der Waals surface area contributed by atoms with Crippen LogP contribution in [0.3, 0.4) is 0 Å². The fraction of sp³-hybridized carbons (Fsp3) is 0.370. The van der Waals surface area contributed by atoms with Gasteiger partial charge in [0.05, 0.1) is 23.6 Å². The molecule has 0 aliphatic carbocycles. The summed E-state index contributed by atoms with van der Waals surface area (Å²) in [5.74, 6) is -5.10. The number of carboxylic acid groups (broad SMARTS) is 3. The average molecular weight is 630 g/mol. The number of rotatable bonds is 15. The van der Waals surface area contributed by atoms with E-state index in [0.29, 0.717) is 33.6 Å². The molecule has 0 heterocycles. The highest BCUT2D eigenvalue weighted by Gasteiger charge is 2.40. The fourth-order valence-electron chi connectivity index (χ4n) is 3.31. The molecule has 15 heteroatoms. The van der Waals surface area contributed by atoms with E-state index >= 15 is 0 Å². The normalized spacial score (nSPS) is 10.7. The number of carbonyl (C=O) groups is 5. The van der Waals surface area contributed by atoms with Crippen LogP contribution in [0.4, 0.5) is 5.69 Å². The maximum atomic E-state index is 12.4. The minimum atomic E-state index is -2.74. The first-order valence-electron chi connectivity index (χ1n) is 12.6. The van der Waals surface area contributed by atoms with Crippen molar-refractivity contribution in [2.75, 3.05) is 38.1 Å². The van der Waals surface area contributed by atoms with Gasteiger partial charge in [-0.25, -0.2) is 4.79 Å². The number of hydrogen-bond donors (Lipinski definition) is 6. The first-order valence-corrected chi connectivity index (χ1v) is 13.3. The summed E-state index contributed by atoms with van der Waals surface area (Å²) < 4.78 is 5.41. The number of carboxylic acids is 3. The van der Waals surface area contributed by atoms with Crippen molar-refractivity contribution in [3.63, 3.8) is 0 Å². The molecule has 2 aromatic rings. The highest BCUT2D eigenvalue weighted by atomic mass is 35.5. The zero-order chi connectivity index (χ0) is 31.9. The molecule has 2 aromatic carbocycles. The largest absolute Gasteiger partial charge is 0.484 e. The first-order chi connectivity index (χ1) is 19.7. The van der Waals surface area contributed by atoms with Gasteiger partial charge >= 0.3 is 17.9 Å². The van der Waals surface area contributed by atoms with Gasteiger partial charge in [-0.2, -0.15) is 0 Å². The summed E-state index contributed by atoms with van der Waals surface area (Å²) in [5, 5.41) is 40.3. The van der Waals surface area contributed by atoms with Crippen LogP contribution in [-0.4, -0.2) is 93.4 Å². The maximum Gasteiger partial charge on any atom is 0.336 e. The molecule has 0 saturated carbocycles. The zero-order valence-electron chi connectivity index (χ0n) is 22.9. The van der Waals surface area contributed by atoms with Gasteiger partial charge in [-0.15, -0.1) is 0 Å². The molecule has 0 saturated heterocycles. The fourth-order valence-corrected chi connectivity index (χ4v) is 3.60. The average Bonchev–Trinajstić information content (AvgIpc) is 2.91. The van der Waals surface area contributed by atoms with Crippen LogP contribution in [0.1, 0.15) is 37.0 Å². The monoisotopic (exact) mass is 629 g/mol. The van der Waals surface area contributed by atoms with Gasteiger partial charge in [-0.3, -0.25) is 19.2 Å². The second kappa shape index (κ2) is 17.8. The van der Waals surface area contributed by atoms with Crippen LogP contribution < -0.4 is 15.4 Å². The number of anilines is 1. The number of nitrogens with one attached hydrogen (secondary N) is 2. The highest BCUT2D eigenvalue weighted by Crippen LogP contribution is 2.23. The first kappa shape index (κ1) is 36.1. The number of ether oxygens (including phenoxy) is 1. The third-order valence-corrected chi connectivity index (χ3v) is 6.16. The quantitative estimate of drug-likeness (QED) is 0.169. The van der Waals surface area contributed by atoms with Gasteiger partial charge in [0.2, 0.25) is 0 Å². The Morgan fingerprint density at radius 2 is 1.48 bits per heavy atom. The Bertz CT molecular complexity index is 1220. The zero-order valence-corrected chi connectivity index (χ0v) is 24.4. The Hall–Kier alpha value is -3.91. The molecule has 0 spiro atoms. The second-order valence-corrected chi connectivity index (χ2v) is 9.59. The van der Waals surface area contributed by atoms with Crippen molar-refractivity contribution in [1.29, 1.82) is 0 Å². The Morgan fingerprint density at radius 1 is 0.905 bits per heavy atom. The summed E-state index contributed by atoms with van der Waals surface area (Å²) in [6, 6.07) is 11.4. The van der Waals surface area contributed by atoms with Crippen molar-refractivity contribution >= 4 is 58.6 Å². The smallest absolute Gasteiger partial charge is 0.336 e. The summed E-state index contributed by atoms with van der Waals surface area (Å²) in [5.41, 5.74) is -1.96. The molecule has 6 N–H and O–H groups in total. The van der Waals surface area contributed by atoms with Gasteiger partial charge in [-0.05, 0) is 55.6 Å². The summed E-state index contributed by atoms with van der Waals surface area (Å²) in [6.07, 6.45) is -2.29.